The van der Waals surface area contributed by atoms with E-state index in [0.717, 1.165) is 5.69 Å². The van der Waals surface area contributed by atoms with Gasteiger partial charge in [0.25, 0.3) is 5.91 Å². The molecule has 3 rings (SSSR count). The van der Waals surface area contributed by atoms with E-state index in [4.69, 9.17) is 11.6 Å². The van der Waals surface area contributed by atoms with E-state index in [-0.39, 0.29) is 11.7 Å². The smallest absolute Gasteiger partial charge is 0.258 e. The highest BCUT2D eigenvalue weighted by molar-refractivity contribution is 6.30. The van der Waals surface area contributed by atoms with E-state index in [9.17, 15) is 9.90 Å². The lowest BCUT2D eigenvalue weighted by atomic mass is 10.0. The molecular weight excluding hydrogens is 300 g/mol. The number of halogens is 1. The van der Waals surface area contributed by atoms with Crippen LogP contribution in [-0.4, -0.2) is 22.5 Å². The van der Waals surface area contributed by atoms with Crippen molar-refractivity contribution >= 4 is 23.2 Å². The maximum Gasteiger partial charge on any atom is 0.258 e. The van der Waals surface area contributed by atoms with Gasteiger partial charge in [-0.3, -0.25) is 4.79 Å². The Morgan fingerprint density at radius 1 is 1.32 bits per heavy atom. The summed E-state index contributed by atoms with van der Waals surface area (Å²) < 4.78 is 0. The molecule has 2 aromatic rings. The van der Waals surface area contributed by atoms with E-state index in [0.29, 0.717) is 22.7 Å². The van der Waals surface area contributed by atoms with Gasteiger partial charge in [0.1, 0.15) is 11.9 Å². The van der Waals surface area contributed by atoms with Crippen LogP contribution in [0.25, 0.3) is 0 Å². The molecule has 2 aromatic carbocycles. The zero-order valence-corrected chi connectivity index (χ0v) is 12.5. The zero-order chi connectivity index (χ0) is 15.7. The second-order valence-corrected chi connectivity index (χ2v) is 5.48. The maximum atomic E-state index is 12.7. The summed E-state index contributed by atoms with van der Waals surface area (Å²) in [5.41, 5.74) is 1.89. The SMILES string of the molecule is C=CCN1C(=O)c2ccccc2NC1c1cc(Cl)ccc1O. The third-order valence-corrected chi connectivity index (χ3v) is 3.87. The van der Waals surface area contributed by atoms with Crippen LogP contribution in [0.3, 0.4) is 0 Å². The minimum absolute atomic E-state index is 0.0862. The summed E-state index contributed by atoms with van der Waals surface area (Å²) in [5, 5.41) is 13.9. The number of hydrogen-bond donors (Lipinski definition) is 2. The predicted molar refractivity (Wildman–Crippen MR) is 87.2 cm³/mol. The summed E-state index contributed by atoms with van der Waals surface area (Å²) in [7, 11) is 0. The van der Waals surface area contributed by atoms with Crippen molar-refractivity contribution in [3.05, 3.63) is 71.3 Å². The number of phenols is 1. The van der Waals surface area contributed by atoms with Gasteiger partial charge < -0.3 is 15.3 Å². The van der Waals surface area contributed by atoms with E-state index in [1.165, 1.54) is 6.07 Å². The van der Waals surface area contributed by atoms with Gasteiger partial charge in [-0.25, -0.2) is 0 Å². The van der Waals surface area contributed by atoms with Crippen molar-refractivity contribution < 1.29 is 9.90 Å². The van der Waals surface area contributed by atoms with Gasteiger partial charge in [-0.2, -0.15) is 0 Å². The number of fused-ring (bicyclic) bond motifs is 1. The van der Waals surface area contributed by atoms with Crippen molar-refractivity contribution in [3.63, 3.8) is 0 Å². The molecule has 2 N–H and O–H groups in total. The number of para-hydroxylation sites is 1. The molecule has 0 spiro atoms. The molecule has 1 unspecified atom stereocenters. The normalized spacial score (nSPS) is 16.9. The number of carbonyl (C=O) groups excluding carboxylic acids is 1. The Labute approximate surface area is 133 Å². The van der Waals surface area contributed by atoms with Crippen LogP contribution in [0.15, 0.2) is 55.1 Å². The zero-order valence-electron chi connectivity index (χ0n) is 11.8. The summed E-state index contributed by atoms with van der Waals surface area (Å²) in [4.78, 5) is 14.3. The quantitative estimate of drug-likeness (QED) is 0.847. The number of hydrogen-bond acceptors (Lipinski definition) is 3. The first kappa shape index (κ1) is 14.5. The molecule has 112 valence electrons. The Kier molecular flexibility index (Phi) is 3.77. The molecule has 0 fully saturated rings. The molecule has 0 aromatic heterocycles. The number of phenolic OH excluding ortho intramolecular Hbond substituents is 1. The van der Waals surface area contributed by atoms with Crippen molar-refractivity contribution in [1.82, 2.24) is 4.90 Å². The van der Waals surface area contributed by atoms with E-state index < -0.39 is 6.17 Å². The number of anilines is 1. The fourth-order valence-electron chi connectivity index (χ4n) is 2.61. The van der Waals surface area contributed by atoms with Crippen LogP contribution in [-0.2, 0) is 0 Å². The summed E-state index contributed by atoms with van der Waals surface area (Å²) in [6, 6.07) is 12.1. The Balaban J connectivity index is 2.11. The van der Waals surface area contributed by atoms with E-state index in [1.54, 1.807) is 29.2 Å². The van der Waals surface area contributed by atoms with Crippen molar-refractivity contribution in [2.75, 3.05) is 11.9 Å². The lowest BCUT2D eigenvalue weighted by molar-refractivity contribution is 0.0706. The fraction of sp³-hybridized carbons (Fsp3) is 0.118. The maximum absolute atomic E-state index is 12.7. The van der Waals surface area contributed by atoms with Gasteiger partial charge in [0.15, 0.2) is 0 Å². The molecule has 5 heteroatoms. The Hall–Kier alpha value is -2.46. The highest BCUT2D eigenvalue weighted by Gasteiger charge is 2.33. The van der Waals surface area contributed by atoms with Crippen LogP contribution < -0.4 is 5.32 Å². The average Bonchev–Trinajstić information content (AvgIpc) is 2.52. The third kappa shape index (κ3) is 2.42. The fourth-order valence-corrected chi connectivity index (χ4v) is 2.79. The monoisotopic (exact) mass is 314 g/mol. The third-order valence-electron chi connectivity index (χ3n) is 3.63. The highest BCUT2D eigenvalue weighted by Crippen LogP contribution is 2.37. The lowest BCUT2D eigenvalue weighted by Crippen LogP contribution is -2.43. The summed E-state index contributed by atoms with van der Waals surface area (Å²) in [5.74, 6) is -0.0261. The second-order valence-electron chi connectivity index (χ2n) is 5.04. The van der Waals surface area contributed by atoms with E-state index in [2.05, 4.69) is 11.9 Å². The Morgan fingerprint density at radius 2 is 2.09 bits per heavy atom. The number of nitrogens with zero attached hydrogens (tertiary/aromatic N) is 1. The van der Waals surface area contributed by atoms with Crippen molar-refractivity contribution in [2.24, 2.45) is 0 Å². The van der Waals surface area contributed by atoms with Crippen molar-refractivity contribution in [3.8, 4) is 5.75 Å². The van der Waals surface area contributed by atoms with Gasteiger partial charge in [0, 0.05) is 22.8 Å². The van der Waals surface area contributed by atoms with Crippen molar-refractivity contribution in [2.45, 2.75) is 6.17 Å². The molecule has 1 aliphatic rings. The van der Waals surface area contributed by atoms with Crippen LogP contribution in [0.5, 0.6) is 5.75 Å². The minimum Gasteiger partial charge on any atom is -0.508 e. The largest absolute Gasteiger partial charge is 0.508 e. The molecule has 0 radical (unpaired) electrons. The molecule has 1 aliphatic heterocycles. The van der Waals surface area contributed by atoms with Crippen molar-refractivity contribution in [1.29, 1.82) is 0 Å². The first-order chi connectivity index (χ1) is 10.6. The number of aromatic hydroxyl groups is 1. The molecule has 4 nitrogen and oxygen atoms in total. The predicted octanol–water partition coefficient (Wildman–Crippen LogP) is 3.80. The van der Waals surface area contributed by atoms with Gasteiger partial charge in [0.2, 0.25) is 0 Å². The Bertz CT molecular complexity index is 745. The molecule has 0 saturated heterocycles. The first-order valence-corrected chi connectivity index (χ1v) is 7.25. The topological polar surface area (TPSA) is 52.6 Å². The highest BCUT2D eigenvalue weighted by atomic mass is 35.5. The number of carbonyl (C=O) groups is 1. The number of benzene rings is 2. The second kappa shape index (κ2) is 5.73. The minimum atomic E-state index is -0.501. The van der Waals surface area contributed by atoms with E-state index in [1.807, 2.05) is 18.2 Å². The van der Waals surface area contributed by atoms with Gasteiger partial charge in [-0.1, -0.05) is 29.8 Å². The van der Waals surface area contributed by atoms with Gasteiger partial charge in [-0.05, 0) is 30.3 Å². The molecule has 22 heavy (non-hydrogen) atoms. The van der Waals surface area contributed by atoms with E-state index >= 15 is 0 Å². The molecule has 1 atom stereocenters. The van der Waals surface area contributed by atoms with Crippen LogP contribution in [0, 0.1) is 0 Å². The van der Waals surface area contributed by atoms with Gasteiger partial charge in [-0.15, -0.1) is 6.58 Å². The summed E-state index contributed by atoms with van der Waals surface area (Å²) >= 11 is 6.03. The lowest BCUT2D eigenvalue weighted by Gasteiger charge is -2.37. The number of amides is 1. The molecule has 0 saturated carbocycles. The molecular formula is C17H15ClN2O2. The van der Waals surface area contributed by atoms with Crippen LogP contribution in [0.1, 0.15) is 22.1 Å². The van der Waals surface area contributed by atoms with Gasteiger partial charge in [0.05, 0.1) is 5.56 Å². The summed E-state index contributed by atoms with van der Waals surface area (Å²) in [6.45, 7) is 4.06. The standard InChI is InChI=1S/C17H15ClN2O2/c1-2-9-20-16(13-10-11(18)7-8-15(13)21)19-14-6-4-3-5-12(14)17(20)22/h2-8,10,16,19,21H,1,9H2. The number of nitrogens with one attached hydrogen (secondary N) is 1. The van der Waals surface area contributed by atoms with Gasteiger partial charge >= 0.3 is 0 Å². The molecule has 1 heterocycles. The molecule has 1 amide bonds. The summed E-state index contributed by atoms with van der Waals surface area (Å²) in [6.07, 6.45) is 1.15. The molecule has 0 aliphatic carbocycles. The first-order valence-electron chi connectivity index (χ1n) is 6.87. The Morgan fingerprint density at radius 3 is 2.86 bits per heavy atom. The number of rotatable bonds is 3. The van der Waals surface area contributed by atoms with Crippen LogP contribution in [0.2, 0.25) is 5.02 Å². The van der Waals surface area contributed by atoms with Crippen LogP contribution >= 0.6 is 11.6 Å². The average molecular weight is 315 g/mol. The molecule has 0 bridgehead atoms. The van der Waals surface area contributed by atoms with Crippen LogP contribution in [0.4, 0.5) is 5.69 Å².